The molecule has 3 nitrogen and oxygen atoms in total. The van der Waals surface area contributed by atoms with Crippen LogP contribution in [0.5, 0.6) is 0 Å². The normalized spacial score (nSPS) is 41.2. The molecular formula is C17H24O3. The summed E-state index contributed by atoms with van der Waals surface area (Å²) in [7, 11) is 0. The summed E-state index contributed by atoms with van der Waals surface area (Å²) in [6.07, 6.45) is 5.40. The number of ketones is 3. The molecule has 0 amide bonds. The van der Waals surface area contributed by atoms with E-state index in [-0.39, 0.29) is 34.6 Å². The van der Waals surface area contributed by atoms with Gasteiger partial charge < -0.3 is 0 Å². The van der Waals surface area contributed by atoms with Crippen LogP contribution in [0.15, 0.2) is 0 Å². The molecule has 3 rings (SSSR count). The third-order valence-electron chi connectivity index (χ3n) is 6.85. The molecule has 0 aromatic rings. The van der Waals surface area contributed by atoms with Crippen LogP contribution in [0, 0.1) is 28.6 Å². The van der Waals surface area contributed by atoms with Crippen molar-refractivity contribution in [1.29, 1.82) is 0 Å². The van der Waals surface area contributed by atoms with E-state index in [1.54, 1.807) is 20.8 Å². The van der Waals surface area contributed by atoms with Gasteiger partial charge in [-0.05, 0) is 70.6 Å². The van der Waals surface area contributed by atoms with E-state index in [2.05, 4.69) is 0 Å². The monoisotopic (exact) mass is 276 g/mol. The molecular weight excluding hydrogens is 252 g/mol. The van der Waals surface area contributed by atoms with Crippen molar-refractivity contribution in [1.82, 2.24) is 0 Å². The third-order valence-corrected chi connectivity index (χ3v) is 6.85. The second-order valence-electron chi connectivity index (χ2n) is 7.32. The minimum atomic E-state index is -0.792. The van der Waals surface area contributed by atoms with Crippen LogP contribution in [0.2, 0.25) is 0 Å². The molecule has 0 aromatic heterocycles. The van der Waals surface area contributed by atoms with Crippen molar-refractivity contribution < 1.29 is 14.4 Å². The molecule has 4 atom stereocenters. The van der Waals surface area contributed by atoms with E-state index in [0.29, 0.717) is 12.3 Å². The number of carbonyl (C=O) groups excluding carboxylic acids is 3. The molecule has 0 radical (unpaired) electrons. The fourth-order valence-electron chi connectivity index (χ4n) is 6.08. The van der Waals surface area contributed by atoms with Crippen molar-refractivity contribution >= 4 is 17.3 Å². The Morgan fingerprint density at radius 1 is 0.900 bits per heavy atom. The van der Waals surface area contributed by atoms with Gasteiger partial charge in [-0.1, -0.05) is 6.42 Å². The van der Waals surface area contributed by atoms with E-state index in [1.165, 1.54) is 0 Å². The summed E-state index contributed by atoms with van der Waals surface area (Å²) in [5.41, 5.74) is -1.01. The first kappa shape index (κ1) is 14.0. The third kappa shape index (κ3) is 1.44. The summed E-state index contributed by atoms with van der Waals surface area (Å²) >= 11 is 0. The minimum Gasteiger partial charge on any atom is -0.299 e. The Labute approximate surface area is 120 Å². The quantitative estimate of drug-likeness (QED) is 0.745. The molecule has 3 aliphatic rings. The van der Waals surface area contributed by atoms with E-state index >= 15 is 0 Å². The van der Waals surface area contributed by atoms with Crippen molar-refractivity contribution in [2.45, 2.75) is 59.3 Å². The molecule has 3 fully saturated rings. The first-order chi connectivity index (χ1) is 9.36. The van der Waals surface area contributed by atoms with Gasteiger partial charge in [-0.15, -0.1) is 0 Å². The summed E-state index contributed by atoms with van der Waals surface area (Å²) < 4.78 is 0. The molecule has 3 aliphatic carbocycles. The molecule has 0 saturated heterocycles. The maximum absolute atomic E-state index is 12.4. The highest BCUT2D eigenvalue weighted by Crippen LogP contribution is 2.69. The van der Waals surface area contributed by atoms with Crippen molar-refractivity contribution in [2.24, 2.45) is 28.6 Å². The highest BCUT2D eigenvalue weighted by atomic mass is 16.2. The summed E-state index contributed by atoms with van der Waals surface area (Å²) in [5, 5.41) is 0. The molecule has 0 aliphatic heterocycles. The Bertz CT molecular complexity index is 478. The zero-order chi connectivity index (χ0) is 14.7. The second kappa shape index (κ2) is 4.25. The lowest BCUT2D eigenvalue weighted by Gasteiger charge is -2.37. The largest absolute Gasteiger partial charge is 0.299 e. The Morgan fingerprint density at radius 3 is 2.10 bits per heavy atom. The van der Waals surface area contributed by atoms with E-state index < -0.39 is 5.41 Å². The minimum absolute atomic E-state index is 0.0353. The van der Waals surface area contributed by atoms with Crippen LogP contribution in [0.25, 0.3) is 0 Å². The van der Waals surface area contributed by atoms with E-state index in [1.807, 2.05) is 0 Å². The van der Waals surface area contributed by atoms with Gasteiger partial charge in [0.05, 0.1) is 5.41 Å². The average molecular weight is 276 g/mol. The zero-order valence-corrected chi connectivity index (χ0v) is 12.7. The van der Waals surface area contributed by atoms with Crippen LogP contribution in [-0.4, -0.2) is 17.3 Å². The van der Waals surface area contributed by atoms with Crippen LogP contribution in [0.4, 0.5) is 0 Å². The van der Waals surface area contributed by atoms with Crippen LogP contribution >= 0.6 is 0 Å². The Balaban J connectivity index is 2.14. The lowest BCUT2D eigenvalue weighted by atomic mass is 9.63. The van der Waals surface area contributed by atoms with Gasteiger partial charge in [-0.3, -0.25) is 14.4 Å². The topological polar surface area (TPSA) is 51.2 Å². The molecule has 3 saturated carbocycles. The fraction of sp³-hybridized carbons (Fsp3) is 0.824. The number of hydrogen-bond donors (Lipinski definition) is 0. The maximum Gasteiger partial charge on any atom is 0.143 e. The number of carbonyl (C=O) groups is 3. The predicted octanol–water partition coefficient (Wildman–Crippen LogP) is 2.96. The Kier molecular flexibility index (Phi) is 2.97. The van der Waals surface area contributed by atoms with E-state index in [9.17, 15) is 14.4 Å². The molecule has 110 valence electrons. The van der Waals surface area contributed by atoms with E-state index in [4.69, 9.17) is 0 Å². The van der Waals surface area contributed by atoms with Crippen LogP contribution in [-0.2, 0) is 14.4 Å². The summed E-state index contributed by atoms with van der Waals surface area (Å²) in [6, 6.07) is 0. The molecule has 4 unspecified atom stereocenters. The first-order valence-corrected chi connectivity index (χ1v) is 7.89. The molecule has 3 heteroatoms. The lowest BCUT2D eigenvalue weighted by Crippen LogP contribution is -2.45. The molecule has 0 heterocycles. The molecule has 0 spiro atoms. The van der Waals surface area contributed by atoms with Crippen molar-refractivity contribution in [3.05, 3.63) is 0 Å². The van der Waals surface area contributed by atoms with Gasteiger partial charge in [0.2, 0.25) is 0 Å². The summed E-state index contributed by atoms with van der Waals surface area (Å²) in [5.74, 6) is 1.15. The molecule has 4 bridgehead atoms. The van der Waals surface area contributed by atoms with Gasteiger partial charge in [0.1, 0.15) is 17.3 Å². The Hall–Kier alpha value is -0.990. The molecule has 0 N–H and O–H groups in total. The fourth-order valence-corrected chi connectivity index (χ4v) is 6.08. The zero-order valence-electron chi connectivity index (χ0n) is 12.7. The summed E-state index contributed by atoms with van der Waals surface area (Å²) in [4.78, 5) is 37.1. The van der Waals surface area contributed by atoms with Crippen molar-refractivity contribution in [3.8, 4) is 0 Å². The van der Waals surface area contributed by atoms with Gasteiger partial charge in [0, 0.05) is 5.41 Å². The first-order valence-electron chi connectivity index (χ1n) is 7.89. The van der Waals surface area contributed by atoms with Crippen LogP contribution in [0.3, 0.4) is 0 Å². The van der Waals surface area contributed by atoms with Crippen LogP contribution < -0.4 is 0 Å². The number of Topliss-reactive ketones (excluding diaryl/α,β-unsaturated/α-hetero) is 3. The molecule has 20 heavy (non-hydrogen) atoms. The SMILES string of the molecule is CC(=O)C12CCCC(C(C)=O)(C(C)=O)C3C(CCC31)C2. The van der Waals surface area contributed by atoms with Crippen molar-refractivity contribution in [2.75, 3.05) is 0 Å². The Morgan fingerprint density at radius 2 is 1.55 bits per heavy atom. The van der Waals surface area contributed by atoms with Gasteiger partial charge in [0.15, 0.2) is 0 Å². The van der Waals surface area contributed by atoms with Crippen LogP contribution in [0.1, 0.15) is 59.3 Å². The van der Waals surface area contributed by atoms with Gasteiger partial charge in [0.25, 0.3) is 0 Å². The van der Waals surface area contributed by atoms with Gasteiger partial charge in [-0.2, -0.15) is 0 Å². The average Bonchev–Trinajstić information content (AvgIpc) is 2.82. The lowest BCUT2D eigenvalue weighted by molar-refractivity contribution is -0.145. The number of hydrogen-bond acceptors (Lipinski definition) is 3. The highest BCUT2D eigenvalue weighted by molar-refractivity contribution is 6.05. The standard InChI is InChI=1S/C17H24O3/c1-10(18)16-7-4-8-17(11(2)19,12(3)20)15-13(9-16)5-6-14(15)16/h13-15H,4-9H2,1-3H3. The second-order valence-corrected chi connectivity index (χ2v) is 7.32. The smallest absolute Gasteiger partial charge is 0.143 e. The van der Waals surface area contributed by atoms with E-state index in [0.717, 1.165) is 32.1 Å². The van der Waals surface area contributed by atoms with Crippen molar-refractivity contribution in [3.63, 3.8) is 0 Å². The summed E-state index contributed by atoms with van der Waals surface area (Å²) in [6.45, 7) is 4.88. The van der Waals surface area contributed by atoms with Gasteiger partial charge >= 0.3 is 0 Å². The maximum atomic E-state index is 12.4. The predicted molar refractivity (Wildman–Crippen MR) is 75.1 cm³/mol. The highest BCUT2D eigenvalue weighted by Gasteiger charge is 2.67. The number of rotatable bonds is 3. The molecule has 0 aromatic carbocycles. The van der Waals surface area contributed by atoms with Gasteiger partial charge in [-0.25, -0.2) is 0 Å².